The average Bonchev–Trinajstić information content (AvgIpc) is 2.23. The van der Waals surface area contributed by atoms with Crippen LogP contribution in [0.15, 0.2) is 23.1 Å². The summed E-state index contributed by atoms with van der Waals surface area (Å²) in [5.74, 6) is -0.703. The molecule has 0 aliphatic rings. The number of carbonyl (C=O) groups excluding carboxylic acids is 1. The zero-order valence-corrected chi connectivity index (χ0v) is 10.0. The summed E-state index contributed by atoms with van der Waals surface area (Å²) in [7, 11) is 1.35. The quantitative estimate of drug-likeness (QED) is 0.501. The van der Waals surface area contributed by atoms with Crippen LogP contribution in [0, 0.1) is 5.82 Å². The van der Waals surface area contributed by atoms with Crippen LogP contribution >= 0.6 is 11.8 Å². The maximum Gasteiger partial charge on any atom is 0.306 e. The summed E-state index contributed by atoms with van der Waals surface area (Å²) in [5, 5.41) is 0.0375. The van der Waals surface area contributed by atoms with E-state index < -0.39 is 5.82 Å². The number of ether oxygens (including phenoxy) is 1. The molecule has 1 atom stereocenters. The first-order chi connectivity index (χ1) is 7.52. The van der Waals surface area contributed by atoms with Gasteiger partial charge in [-0.2, -0.15) is 0 Å². The Balaban J connectivity index is 2.59. The molecule has 0 saturated carbocycles. The smallest absolute Gasteiger partial charge is 0.306 e. The standard InChI is InChI=1S/C11H14FNO2S/c1-7(5-11(14)15-2)16-8-3-4-10(13)9(12)6-8/h3-4,6-7H,5,13H2,1-2H3. The Morgan fingerprint density at radius 3 is 2.88 bits per heavy atom. The van der Waals surface area contributed by atoms with Gasteiger partial charge in [0.25, 0.3) is 0 Å². The fourth-order valence-corrected chi connectivity index (χ4v) is 2.18. The maximum atomic E-state index is 13.1. The Morgan fingerprint density at radius 2 is 2.31 bits per heavy atom. The number of nitrogen functional groups attached to an aromatic ring is 1. The van der Waals surface area contributed by atoms with E-state index in [0.717, 1.165) is 4.90 Å². The molecule has 0 heterocycles. The van der Waals surface area contributed by atoms with E-state index in [0.29, 0.717) is 6.42 Å². The van der Waals surface area contributed by atoms with Crippen molar-refractivity contribution in [3.8, 4) is 0 Å². The second-order valence-electron chi connectivity index (χ2n) is 3.39. The summed E-state index contributed by atoms with van der Waals surface area (Å²) in [4.78, 5) is 11.8. The molecule has 0 bridgehead atoms. The van der Waals surface area contributed by atoms with Crippen LogP contribution in [0.25, 0.3) is 0 Å². The number of methoxy groups -OCH3 is 1. The third kappa shape index (κ3) is 3.73. The average molecular weight is 243 g/mol. The van der Waals surface area contributed by atoms with Crippen molar-refractivity contribution in [2.45, 2.75) is 23.5 Å². The zero-order valence-electron chi connectivity index (χ0n) is 9.20. The molecule has 0 spiro atoms. The molecule has 0 saturated heterocycles. The Hall–Kier alpha value is -1.23. The highest BCUT2D eigenvalue weighted by molar-refractivity contribution is 8.00. The van der Waals surface area contributed by atoms with Gasteiger partial charge in [-0.25, -0.2) is 4.39 Å². The summed E-state index contributed by atoms with van der Waals surface area (Å²) in [5.41, 5.74) is 5.49. The van der Waals surface area contributed by atoms with E-state index in [4.69, 9.17) is 5.73 Å². The van der Waals surface area contributed by atoms with Gasteiger partial charge in [0.2, 0.25) is 0 Å². The van der Waals surface area contributed by atoms with E-state index in [-0.39, 0.29) is 16.9 Å². The van der Waals surface area contributed by atoms with Gasteiger partial charge in [0, 0.05) is 10.1 Å². The fourth-order valence-electron chi connectivity index (χ4n) is 1.17. The minimum atomic E-state index is -0.435. The lowest BCUT2D eigenvalue weighted by Crippen LogP contribution is -2.08. The van der Waals surface area contributed by atoms with Crippen LogP contribution in [-0.2, 0) is 9.53 Å². The molecule has 88 valence electrons. The fraction of sp³-hybridized carbons (Fsp3) is 0.364. The first-order valence-electron chi connectivity index (χ1n) is 4.81. The molecular formula is C11H14FNO2S. The van der Waals surface area contributed by atoms with E-state index in [2.05, 4.69) is 4.74 Å². The van der Waals surface area contributed by atoms with Crippen LogP contribution in [-0.4, -0.2) is 18.3 Å². The number of thioether (sulfide) groups is 1. The molecule has 1 unspecified atom stereocenters. The van der Waals surface area contributed by atoms with Crippen LogP contribution in [0.3, 0.4) is 0 Å². The van der Waals surface area contributed by atoms with Crippen LogP contribution in [0.4, 0.5) is 10.1 Å². The van der Waals surface area contributed by atoms with E-state index in [9.17, 15) is 9.18 Å². The normalized spacial score (nSPS) is 12.2. The highest BCUT2D eigenvalue weighted by Gasteiger charge is 2.11. The molecular weight excluding hydrogens is 229 g/mol. The number of rotatable bonds is 4. The van der Waals surface area contributed by atoms with Gasteiger partial charge < -0.3 is 10.5 Å². The van der Waals surface area contributed by atoms with Crippen molar-refractivity contribution in [2.75, 3.05) is 12.8 Å². The molecule has 0 fully saturated rings. The minimum absolute atomic E-state index is 0.0375. The predicted molar refractivity (Wildman–Crippen MR) is 62.8 cm³/mol. The summed E-state index contributed by atoms with van der Waals surface area (Å²) in [6, 6.07) is 4.62. The molecule has 0 aromatic heterocycles. The highest BCUT2D eigenvalue weighted by Crippen LogP contribution is 2.27. The van der Waals surface area contributed by atoms with Gasteiger partial charge in [-0.15, -0.1) is 11.8 Å². The lowest BCUT2D eigenvalue weighted by atomic mass is 10.3. The maximum absolute atomic E-state index is 13.1. The second kappa shape index (κ2) is 5.75. The number of esters is 1. The molecule has 5 heteroatoms. The first kappa shape index (κ1) is 12.8. The number of carbonyl (C=O) groups is 1. The van der Waals surface area contributed by atoms with Crippen molar-refractivity contribution >= 4 is 23.4 Å². The van der Waals surface area contributed by atoms with Gasteiger partial charge in [-0.3, -0.25) is 4.79 Å². The summed E-state index contributed by atoms with van der Waals surface area (Å²) >= 11 is 1.41. The Morgan fingerprint density at radius 1 is 1.62 bits per heavy atom. The van der Waals surface area contributed by atoms with Crippen molar-refractivity contribution in [3.05, 3.63) is 24.0 Å². The third-order valence-electron chi connectivity index (χ3n) is 1.99. The molecule has 0 aliphatic heterocycles. The monoisotopic (exact) mass is 243 g/mol. The zero-order chi connectivity index (χ0) is 12.1. The summed E-state index contributed by atoms with van der Waals surface area (Å²) < 4.78 is 17.7. The van der Waals surface area contributed by atoms with Crippen molar-refractivity contribution in [1.82, 2.24) is 0 Å². The van der Waals surface area contributed by atoms with Crippen LogP contribution in [0.5, 0.6) is 0 Å². The number of halogens is 1. The summed E-state index contributed by atoms with van der Waals surface area (Å²) in [6.45, 7) is 1.88. The topological polar surface area (TPSA) is 52.3 Å². The predicted octanol–water partition coefficient (Wildman–Crippen LogP) is 2.45. The van der Waals surface area contributed by atoms with E-state index in [1.807, 2.05) is 6.92 Å². The van der Waals surface area contributed by atoms with Crippen molar-refractivity contribution in [2.24, 2.45) is 0 Å². The lowest BCUT2D eigenvalue weighted by Gasteiger charge is -2.10. The number of hydrogen-bond acceptors (Lipinski definition) is 4. The number of benzene rings is 1. The van der Waals surface area contributed by atoms with E-state index >= 15 is 0 Å². The highest BCUT2D eigenvalue weighted by atomic mass is 32.2. The molecule has 0 amide bonds. The SMILES string of the molecule is COC(=O)CC(C)Sc1ccc(N)c(F)c1. The van der Waals surface area contributed by atoms with Crippen molar-refractivity contribution in [3.63, 3.8) is 0 Å². The second-order valence-corrected chi connectivity index (χ2v) is 4.90. The molecule has 3 nitrogen and oxygen atoms in total. The van der Waals surface area contributed by atoms with Crippen LogP contribution < -0.4 is 5.73 Å². The van der Waals surface area contributed by atoms with Crippen molar-refractivity contribution < 1.29 is 13.9 Å². The Bertz CT molecular complexity index is 384. The molecule has 2 N–H and O–H groups in total. The van der Waals surface area contributed by atoms with Crippen LogP contribution in [0.1, 0.15) is 13.3 Å². The van der Waals surface area contributed by atoms with Gasteiger partial charge in [-0.05, 0) is 18.2 Å². The molecule has 16 heavy (non-hydrogen) atoms. The largest absolute Gasteiger partial charge is 0.469 e. The summed E-state index contributed by atoms with van der Waals surface area (Å²) in [6.07, 6.45) is 0.299. The van der Waals surface area contributed by atoms with E-state index in [1.54, 1.807) is 6.07 Å². The lowest BCUT2D eigenvalue weighted by molar-refractivity contribution is -0.140. The van der Waals surface area contributed by atoms with Gasteiger partial charge in [0.05, 0.1) is 19.2 Å². The number of nitrogens with two attached hydrogens (primary N) is 1. The first-order valence-corrected chi connectivity index (χ1v) is 5.69. The van der Waals surface area contributed by atoms with E-state index in [1.165, 1.54) is 31.0 Å². The van der Waals surface area contributed by atoms with Gasteiger partial charge >= 0.3 is 5.97 Å². The number of hydrogen-bond donors (Lipinski definition) is 1. The Kier molecular flexibility index (Phi) is 4.61. The molecule has 0 radical (unpaired) electrons. The number of anilines is 1. The Labute approximate surface area is 98.2 Å². The van der Waals surface area contributed by atoms with Gasteiger partial charge in [-0.1, -0.05) is 6.92 Å². The minimum Gasteiger partial charge on any atom is -0.469 e. The molecule has 1 aromatic carbocycles. The van der Waals surface area contributed by atoms with Crippen molar-refractivity contribution in [1.29, 1.82) is 0 Å². The van der Waals surface area contributed by atoms with Gasteiger partial charge in [0.15, 0.2) is 0 Å². The molecule has 1 rings (SSSR count). The molecule has 0 aliphatic carbocycles. The van der Waals surface area contributed by atoms with Crippen LogP contribution in [0.2, 0.25) is 0 Å². The third-order valence-corrected chi connectivity index (χ3v) is 3.09. The molecule has 1 aromatic rings. The van der Waals surface area contributed by atoms with Gasteiger partial charge in [0.1, 0.15) is 5.82 Å².